The summed E-state index contributed by atoms with van der Waals surface area (Å²) in [5.74, 6) is 1.20. The van der Waals surface area contributed by atoms with Gasteiger partial charge < -0.3 is 24.7 Å². The molecule has 0 bridgehead atoms. The molecule has 0 radical (unpaired) electrons. The number of aromatic nitrogens is 4. The lowest BCUT2D eigenvalue weighted by Gasteiger charge is -2.28. The topological polar surface area (TPSA) is 114 Å². The van der Waals surface area contributed by atoms with Crippen LogP contribution in [-0.2, 0) is 9.53 Å². The Morgan fingerprint density at radius 2 is 1.97 bits per heavy atom. The number of nitrogens with zero attached hydrogens (tertiary/aromatic N) is 4. The molecular weight excluding hydrogens is 436 g/mol. The summed E-state index contributed by atoms with van der Waals surface area (Å²) in [7, 11) is 1.57. The summed E-state index contributed by atoms with van der Waals surface area (Å²) in [6.45, 7) is 4.23. The molecule has 1 aliphatic rings. The van der Waals surface area contributed by atoms with Gasteiger partial charge in [-0.2, -0.15) is 0 Å². The van der Waals surface area contributed by atoms with Crippen molar-refractivity contribution < 1.29 is 14.3 Å². The number of hydrogen-bond donors (Lipinski definition) is 2. The van der Waals surface area contributed by atoms with Gasteiger partial charge >= 0.3 is 0 Å². The molecule has 10 nitrogen and oxygen atoms in total. The van der Waals surface area contributed by atoms with Gasteiger partial charge in [0.05, 0.1) is 32.0 Å². The number of nitrogens with one attached hydrogen (secondary N) is 2. The minimum atomic E-state index is -0.173. The van der Waals surface area contributed by atoms with E-state index in [1.165, 1.54) is 6.92 Å². The zero-order chi connectivity index (χ0) is 23.7. The predicted octanol–water partition coefficient (Wildman–Crippen LogP) is 2.58. The van der Waals surface area contributed by atoms with Crippen molar-refractivity contribution in [1.82, 2.24) is 20.0 Å². The fourth-order valence-corrected chi connectivity index (χ4v) is 4.03. The number of rotatable bonds is 5. The van der Waals surface area contributed by atoms with Crippen LogP contribution in [0.1, 0.15) is 6.92 Å². The van der Waals surface area contributed by atoms with Gasteiger partial charge in [0.2, 0.25) is 5.91 Å². The molecule has 2 N–H and O–H groups in total. The molecule has 0 saturated carbocycles. The number of benzene rings is 2. The van der Waals surface area contributed by atoms with Gasteiger partial charge in [0.1, 0.15) is 22.9 Å². The van der Waals surface area contributed by atoms with Gasteiger partial charge in [-0.1, -0.05) is 11.3 Å². The smallest absolute Gasteiger partial charge is 0.221 e. The number of H-pyrrole nitrogens is 1. The molecule has 2 aromatic heterocycles. The second kappa shape index (κ2) is 8.99. The number of aromatic amines is 1. The van der Waals surface area contributed by atoms with Crippen LogP contribution >= 0.6 is 0 Å². The number of methoxy groups -OCH3 is 1. The third-order valence-corrected chi connectivity index (χ3v) is 5.70. The van der Waals surface area contributed by atoms with Crippen LogP contribution < -0.4 is 20.4 Å². The molecule has 4 aromatic rings. The Balaban J connectivity index is 1.49. The maximum atomic E-state index is 12.9. The molecule has 5 rings (SSSR count). The summed E-state index contributed by atoms with van der Waals surface area (Å²) in [6.07, 6.45) is 1.76. The summed E-state index contributed by atoms with van der Waals surface area (Å²) in [4.78, 5) is 29.8. The highest BCUT2D eigenvalue weighted by molar-refractivity contribution is 5.89. The van der Waals surface area contributed by atoms with Crippen LogP contribution in [0.25, 0.3) is 27.8 Å². The SMILES string of the molecule is COc1ccc(NC(C)=O)cc1-n1cc(-c2ccc3[nH]c(N4CCOCC4)cc(=O)c3c2)nn1. The van der Waals surface area contributed by atoms with Crippen molar-refractivity contribution >= 4 is 28.3 Å². The van der Waals surface area contributed by atoms with Gasteiger partial charge in [0.15, 0.2) is 5.43 Å². The fraction of sp³-hybridized carbons (Fsp3) is 0.250. The first kappa shape index (κ1) is 21.7. The number of fused-ring (bicyclic) bond motifs is 1. The van der Waals surface area contributed by atoms with E-state index in [0.29, 0.717) is 41.4 Å². The number of amides is 1. The number of morpholine rings is 1. The van der Waals surface area contributed by atoms with Crippen LogP contribution in [0.3, 0.4) is 0 Å². The van der Waals surface area contributed by atoms with E-state index < -0.39 is 0 Å². The van der Waals surface area contributed by atoms with E-state index >= 15 is 0 Å². The molecule has 0 aliphatic carbocycles. The molecule has 2 aromatic carbocycles. The lowest BCUT2D eigenvalue weighted by atomic mass is 10.1. The van der Waals surface area contributed by atoms with Gasteiger partial charge in [-0.3, -0.25) is 9.59 Å². The van der Waals surface area contributed by atoms with E-state index in [2.05, 4.69) is 25.5 Å². The highest BCUT2D eigenvalue weighted by Crippen LogP contribution is 2.28. The summed E-state index contributed by atoms with van der Waals surface area (Å²) >= 11 is 0. The Morgan fingerprint density at radius 1 is 1.15 bits per heavy atom. The molecule has 3 heterocycles. The van der Waals surface area contributed by atoms with E-state index in [4.69, 9.17) is 9.47 Å². The summed E-state index contributed by atoms with van der Waals surface area (Å²) in [5, 5.41) is 11.9. The number of ether oxygens (including phenoxy) is 2. The molecular formula is C24H24N6O4. The minimum absolute atomic E-state index is 0.0610. The number of carbonyl (C=O) groups excluding carboxylic acids is 1. The number of hydrogen-bond acceptors (Lipinski definition) is 7. The maximum absolute atomic E-state index is 12.9. The van der Waals surface area contributed by atoms with Gasteiger partial charge in [-0.25, -0.2) is 4.68 Å². The van der Waals surface area contributed by atoms with E-state index in [1.54, 1.807) is 42.3 Å². The molecule has 1 saturated heterocycles. The molecule has 1 aliphatic heterocycles. The normalized spacial score (nSPS) is 13.8. The van der Waals surface area contributed by atoms with Crippen LogP contribution in [0, 0.1) is 0 Å². The third kappa shape index (κ3) is 4.23. The molecule has 174 valence electrons. The largest absolute Gasteiger partial charge is 0.494 e. The van der Waals surface area contributed by atoms with Crippen molar-refractivity contribution in [3.05, 3.63) is 58.9 Å². The summed E-state index contributed by atoms with van der Waals surface area (Å²) in [5.41, 5.74) is 3.31. The van der Waals surface area contributed by atoms with Crippen molar-refractivity contribution in [2.24, 2.45) is 0 Å². The van der Waals surface area contributed by atoms with Crippen LogP contribution in [0.2, 0.25) is 0 Å². The second-order valence-electron chi connectivity index (χ2n) is 7.99. The highest BCUT2D eigenvalue weighted by Gasteiger charge is 2.15. The Bertz CT molecular complexity index is 1420. The fourth-order valence-electron chi connectivity index (χ4n) is 4.03. The predicted molar refractivity (Wildman–Crippen MR) is 129 cm³/mol. The monoisotopic (exact) mass is 460 g/mol. The Morgan fingerprint density at radius 3 is 2.74 bits per heavy atom. The zero-order valence-corrected chi connectivity index (χ0v) is 18.9. The first-order chi connectivity index (χ1) is 16.5. The highest BCUT2D eigenvalue weighted by atomic mass is 16.5. The lowest BCUT2D eigenvalue weighted by molar-refractivity contribution is -0.114. The van der Waals surface area contributed by atoms with Crippen LogP contribution in [-0.4, -0.2) is 59.3 Å². The quantitative estimate of drug-likeness (QED) is 0.470. The van der Waals surface area contributed by atoms with Crippen molar-refractivity contribution in [3.63, 3.8) is 0 Å². The van der Waals surface area contributed by atoms with E-state index in [0.717, 1.165) is 30.0 Å². The van der Waals surface area contributed by atoms with Gasteiger partial charge in [-0.15, -0.1) is 5.10 Å². The molecule has 0 atom stereocenters. The van der Waals surface area contributed by atoms with E-state index in [9.17, 15) is 9.59 Å². The average Bonchev–Trinajstić information content (AvgIpc) is 3.34. The first-order valence-corrected chi connectivity index (χ1v) is 10.9. The van der Waals surface area contributed by atoms with Gasteiger partial charge in [0.25, 0.3) is 0 Å². The molecule has 0 spiro atoms. The number of pyridine rings is 1. The van der Waals surface area contributed by atoms with Crippen molar-refractivity contribution in [3.8, 4) is 22.7 Å². The molecule has 1 fully saturated rings. The van der Waals surface area contributed by atoms with Crippen LogP contribution in [0.4, 0.5) is 11.5 Å². The Labute approximate surface area is 195 Å². The van der Waals surface area contributed by atoms with Gasteiger partial charge in [-0.05, 0) is 30.3 Å². The van der Waals surface area contributed by atoms with Crippen LogP contribution in [0.5, 0.6) is 5.75 Å². The summed E-state index contributed by atoms with van der Waals surface area (Å²) < 4.78 is 12.4. The second-order valence-corrected chi connectivity index (χ2v) is 7.99. The molecule has 10 heteroatoms. The number of anilines is 2. The minimum Gasteiger partial charge on any atom is -0.494 e. The Hall–Kier alpha value is -4.18. The van der Waals surface area contributed by atoms with Crippen LogP contribution in [0.15, 0.2) is 53.5 Å². The van der Waals surface area contributed by atoms with Gasteiger partial charge in [0, 0.05) is 42.7 Å². The summed E-state index contributed by atoms with van der Waals surface area (Å²) in [6, 6.07) is 12.5. The van der Waals surface area contributed by atoms with Crippen molar-refractivity contribution in [2.75, 3.05) is 43.6 Å². The van der Waals surface area contributed by atoms with E-state index in [1.807, 2.05) is 18.2 Å². The maximum Gasteiger partial charge on any atom is 0.221 e. The molecule has 34 heavy (non-hydrogen) atoms. The first-order valence-electron chi connectivity index (χ1n) is 10.9. The number of carbonyl (C=O) groups is 1. The van der Waals surface area contributed by atoms with Crippen molar-refractivity contribution in [2.45, 2.75) is 6.92 Å². The average molecular weight is 460 g/mol. The standard InChI is InChI=1S/C24H24N6O4/c1-15(31)25-17-4-6-23(33-2)21(12-17)30-14-20(27-28-30)16-3-5-19-18(11-16)22(32)13-24(26-19)29-7-9-34-10-8-29/h3-6,11-14H,7-10H2,1-2H3,(H,25,31)(H,26,32). The molecule has 0 unspecified atom stereocenters. The molecule has 1 amide bonds. The Kier molecular flexibility index (Phi) is 5.72. The zero-order valence-electron chi connectivity index (χ0n) is 18.9. The van der Waals surface area contributed by atoms with Crippen molar-refractivity contribution in [1.29, 1.82) is 0 Å². The third-order valence-electron chi connectivity index (χ3n) is 5.70. The lowest BCUT2D eigenvalue weighted by Crippen LogP contribution is -2.37. The van der Waals surface area contributed by atoms with E-state index in [-0.39, 0.29) is 11.3 Å².